The summed E-state index contributed by atoms with van der Waals surface area (Å²) in [6, 6.07) is 0.0774. The Balaban J connectivity index is 1.58. The van der Waals surface area contributed by atoms with Gasteiger partial charge in [-0.25, -0.2) is 9.78 Å². The van der Waals surface area contributed by atoms with Gasteiger partial charge in [0, 0.05) is 36.2 Å². The largest absolute Gasteiger partial charge is 0.449 e. The van der Waals surface area contributed by atoms with Crippen molar-refractivity contribution in [3.05, 3.63) is 33.6 Å². The summed E-state index contributed by atoms with van der Waals surface area (Å²) in [5.74, 6) is -1.23. The van der Waals surface area contributed by atoms with Crippen LogP contribution in [0.25, 0.3) is 0 Å². The van der Waals surface area contributed by atoms with Gasteiger partial charge in [-0.05, 0) is 13.8 Å². The lowest BCUT2D eigenvalue weighted by molar-refractivity contribution is -0.137. The van der Waals surface area contributed by atoms with E-state index in [9.17, 15) is 14.4 Å². The van der Waals surface area contributed by atoms with E-state index in [1.54, 1.807) is 6.92 Å². The second-order valence-electron chi connectivity index (χ2n) is 7.84. The monoisotopic (exact) mass is 431 g/mol. The van der Waals surface area contributed by atoms with Crippen LogP contribution in [0, 0.1) is 12.8 Å². The Morgan fingerprint density at radius 1 is 1.43 bits per heavy atom. The Labute approximate surface area is 176 Å². The van der Waals surface area contributed by atoms with E-state index >= 15 is 0 Å². The molecule has 4 N–H and O–H groups in total. The smallest absolute Gasteiger partial charge is 0.404 e. The molecule has 0 saturated carbocycles. The van der Waals surface area contributed by atoms with Gasteiger partial charge in [0.15, 0.2) is 10.9 Å². The number of nitrogens with zero attached hydrogens (tertiary/aromatic N) is 2. The number of rotatable bonds is 5. The molecule has 158 valence electrons. The molecule has 0 bridgehead atoms. The molecule has 5 rings (SSSR count). The zero-order valence-electron chi connectivity index (χ0n) is 16.6. The normalized spacial score (nSPS) is 31.7. The molecule has 4 heterocycles. The van der Waals surface area contributed by atoms with Crippen molar-refractivity contribution in [2.45, 2.75) is 31.7 Å². The molecule has 3 unspecified atom stereocenters. The van der Waals surface area contributed by atoms with Crippen LogP contribution in [0.4, 0.5) is 9.93 Å². The Kier molecular flexibility index (Phi) is 4.08. The van der Waals surface area contributed by atoms with Gasteiger partial charge in [0.25, 0.3) is 0 Å². The third-order valence-electron chi connectivity index (χ3n) is 6.28. The van der Waals surface area contributed by atoms with E-state index < -0.39 is 17.7 Å². The molecule has 1 aliphatic carbocycles. The molecule has 1 aromatic heterocycles. The van der Waals surface area contributed by atoms with Crippen molar-refractivity contribution in [2.75, 3.05) is 25.6 Å². The van der Waals surface area contributed by atoms with E-state index in [4.69, 9.17) is 15.2 Å². The number of methoxy groups -OCH3 is 1. The maximum absolute atomic E-state index is 13.6. The van der Waals surface area contributed by atoms with Crippen molar-refractivity contribution in [1.82, 2.24) is 15.2 Å². The average molecular weight is 431 g/mol. The number of hydrogen-bond acceptors (Lipinski definition) is 10. The van der Waals surface area contributed by atoms with Crippen molar-refractivity contribution in [3.8, 4) is 0 Å². The van der Waals surface area contributed by atoms with Crippen LogP contribution in [0.3, 0.4) is 0 Å². The molecule has 1 amide bonds. The van der Waals surface area contributed by atoms with Crippen molar-refractivity contribution in [1.29, 1.82) is 0 Å². The van der Waals surface area contributed by atoms with Crippen LogP contribution >= 0.6 is 11.3 Å². The molecule has 4 aliphatic rings. The first-order valence-electron chi connectivity index (χ1n) is 9.54. The van der Waals surface area contributed by atoms with Crippen LogP contribution in [-0.4, -0.2) is 65.6 Å². The second kappa shape index (κ2) is 6.37. The number of Topliss-reactive ketones (excluding diaryl/α,β-unsaturated/α-hetero) is 2. The summed E-state index contributed by atoms with van der Waals surface area (Å²) in [6.07, 6.45) is -0.946. The van der Waals surface area contributed by atoms with Crippen LogP contribution in [0.5, 0.6) is 0 Å². The number of carbonyl (C=O) groups is 3. The van der Waals surface area contributed by atoms with E-state index in [-0.39, 0.29) is 41.5 Å². The molecule has 11 heteroatoms. The zero-order valence-corrected chi connectivity index (χ0v) is 17.5. The van der Waals surface area contributed by atoms with Crippen molar-refractivity contribution < 1.29 is 23.9 Å². The Morgan fingerprint density at radius 3 is 2.83 bits per heavy atom. The number of primary amides is 1. The van der Waals surface area contributed by atoms with E-state index in [2.05, 4.69) is 15.6 Å². The van der Waals surface area contributed by atoms with Gasteiger partial charge in [0.1, 0.15) is 6.61 Å². The van der Waals surface area contributed by atoms with Gasteiger partial charge in [0.2, 0.25) is 11.6 Å². The number of nitrogens with two attached hydrogens (primary N) is 1. The SMILES string of the molecule is CO[C@@]12C(COC(N)=O)C3=C(C(=O)C(C)=C(Nc4nc(C)cs4)C3=O)N1CC1NC12. The van der Waals surface area contributed by atoms with Crippen LogP contribution in [0.1, 0.15) is 12.6 Å². The third-order valence-corrected chi connectivity index (χ3v) is 7.15. The van der Waals surface area contributed by atoms with Gasteiger partial charge in [-0.15, -0.1) is 11.3 Å². The number of fused-ring (bicyclic) bond motifs is 4. The van der Waals surface area contributed by atoms with Gasteiger partial charge < -0.3 is 30.7 Å². The number of allylic oxidation sites excluding steroid dienone is 2. The number of hydrogen-bond donors (Lipinski definition) is 3. The van der Waals surface area contributed by atoms with Gasteiger partial charge in [0.05, 0.1) is 29.0 Å². The number of aryl methyl sites for hydroxylation is 1. The summed E-state index contributed by atoms with van der Waals surface area (Å²) >= 11 is 1.35. The highest BCUT2D eigenvalue weighted by Crippen LogP contribution is 2.55. The fourth-order valence-electron chi connectivity index (χ4n) is 4.96. The third kappa shape index (κ3) is 2.42. The number of anilines is 1. The Hall–Kier alpha value is -2.76. The predicted octanol–water partition coefficient (Wildman–Crippen LogP) is 0.267. The molecule has 2 saturated heterocycles. The van der Waals surface area contributed by atoms with Crippen LogP contribution < -0.4 is 16.4 Å². The molecule has 0 radical (unpaired) electrons. The first-order chi connectivity index (χ1) is 14.3. The highest BCUT2D eigenvalue weighted by atomic mass is 32.1. The summed E-state index contributed by atoms with van der Waals surface area (Å²) < 4.78 is 11.0. The molecule has 2 fully saturated rings. The van der Waals surface area contributed by atoms with E-state index in [0.717, 1.165) is 5.69 Å². The van der Waals surface area contributed by atoms with E-state index in [1.807, 2.05) is 17.2 Å². The van der Waals surface area contributed by atoms with Crippen molar-refractivity contribution in [2.24, 2.45) is 11.7 Å². The Morgan fingerprint density at radius 2 is 2.20 bits per heavy atom. The number of aromatic nitrogens is 1. The number of thiazole rings is 1. The van der Waals surface area contributed by atoms with Crippen molar-refractivity contribution in [3.63, 3.8) is 0 Å². The molecular weight excluding hydrogens is 410 g/mol. The predicted molar refractivity (Wildman–Crippen MR) is 106 cm³/mol. The number of ketones is 2. The highest BCUT2D eigenvalue weighted by molar-refractivity contribution is 7.13. The van der Waals surface area contributed by atoms with Crippen molar-refractivity contribution >= 4 is 34.1 Å². The molecule has 0 spiro atoms. The lowest BCUT2D eigenvalue weighted by atomic mass is 9.82. The summed E-state index contributed by atoms with van der Waals surface area (Å²) in [5, 5.41) is 8.73. The minimum atomic E-state index is -0.983. The fourth-order valence-corrected chi connectivity index (χ4v) is 5.65. The first-order valence-corrected chi connectivity index (χ1v) is 10.4. The molecule has 10 nitrogen and oxygen atoms in total. The molecular formula is C19H21N5O5S. The Bertz CT molecular complexity index is 1060. The van der Waals surface area contributed by atoms with E-state index in [1.165, 1.54) is 18.4 Å². The number of nitrogens with one attached hydrogen (secondary N) is 2. The van der Waals surface area contributed by atoms with Gasteiger partial charge in [-0.2, -0.15) is 0 Å². The molecule has 30 heavy (non-hydrogen) atoms. The number of piperazine rings is 1. The lowest BCUT2D eigenvalue weighted by Gasteiger charge is -2.39. The van der Waals surface area contributed by atoms with Gasteiger partial charge in [-0.1, -0.05) is 0 Å². The maximum atomic E-state index is 13.6. The minimum Gasteiger partial charge on any atom is -0.449 e. The highest BCUT2D eigenvalue weighted by Gasteiger charge is 2.72. The van der Waals surface area contributed by atoms with E-state index in [0.29, 0.717) is 22.9 Å². The summed E-state index contributed by atoms with van der Waals surface area (Å²) in [4.78, 5) is 44.5. The summed E-state index contributed by atoms with van der Waals surface area (Å²) in [6.45, 7) is 3.85. The van der Waals surface area contributed by atoms with Crippen LogP contribution in [0.2, 0.25) is 0 Å². The molecule has 1 aromatic rings. The van der Waals surface area contributed by atoms with Crippen LogP contribution in [0.15, 0.2) is 27.9 Å². The van der Waals surface area contributed by atoms with Gasteiger partial charge >= 0.3 is 6.09 Å². The molecule has 3 aliphatic heterocycles. The lowest BCUT2D eigenvalue weighted by Crippen LogP contribution is -2.55. The average Bonchev–Trinajstić information content (AvgIpc) is 3.10. The first kappa shape index (κ1) is 19.2. The van der Waals surface area contributed by atoms with Gasteiger partial charge in [-0.3, -0.25) is 9.59 Å². The quantitative estimate of drug-likeness (QED) is 0.441. The maximum Gasteiger partial charge on any atom is 0.404 e. The number of amides is 1. The molecule has 0 aromatic carbocycles. The standard InChI is InChI=1S/C19H21N5O5S/c1-7-6-30-18(21-7)23-12-8(2)14(25)13-11(15(12)26)9(5-29-17(20)27)19(28-3)16-10(22-16)4-24(13)19/h6,9-10,16,22H,4-5H2,1-3H3,(H2,20,27)(H,21,23)/t9?,10?,16?,19-/m1/s1. The number of carbonyl (C=O) groups excluding carboxylic acids is 3. The zero-order chi connectivity index (χ0) is 21.4. The summed E-state index contributed by atoms with van der Waals surface area (Å²) in [5.41, 5.74) is 6.15. The number of ether oxygens (including phenoxy) is 2. The summed E-state index contributed by atoms with van der Waals surface area (Å²) in [7, 11) is 1.54. The minimum absolute atomic E-state index is 0.0755. The van der Waals surface area contributed by atoms with Crippen LogP contribution in [-0.2, 0) is 19.1 Å². The fraction of sp³-hybridized carbons (Fsp3) is 0.474. The second-order valence-corrected chi connectivity index (χ2v) is 8.70. The topological polar surface area (TPSA) is 146 Å². The molecule has 4 atom stereocenters.